The van der Waals surface area contributed by atoms with Crippen molar-refractivity contribution in [1.82, 2.24) is 15.1 Å². The highest BCUT2D eigenvalue weighted by atomic mass is 32.2. The fourth-order valence-corrected chi connectivity index (χ4v) is 3.48. The van der Waals surface area contributed by atoms with Crippen LogP contribution in [-0.4, -0.2) is 34.0 Å². The average Bonchev–Trinajstić information content (AvgIpc) is 3.12. The third-order valence-corrected chi connectivity index (χ3v) is 4.97. The summed E-state index contributed by atoms with van der Waals surface area (Å²) >= 11 is 1.63. The van der Waals surface area contributed by atoms with E-state index in [2.05, 4.69) is 15.1 Å². The Bertz CT molecular complexity index is 651. The van der Waals surface area contributed by atoms with Crippen LogP contribution in [0.2, 0.25) is 0 Å². The van der Waals surface area contributed by atoms with Gasteiger partial charge in [0, 0.05) is 5.75 Å². The zero-order chi connectivity index (χ0) is 14.2. The molecule has 0 spiro atoms. The Balaban J connectivity index is 1.74. The van der Waals surface area contributed by atoms with Gasteiger partial charge in [0.15, 0.2) is 0 Å². The van der Waals surface area contributed by atoms with Gasteiger partial charge in [0.25, 0.3) is 5.71 Å². The molecule has 0 bridgehead atoms. The van der Waals surface area contributed by atoms with Crippen molar-refractivity contribution in [2.24, 2.45) is 5.41 Å². The van der Waals surface area contributed by atoms with E-state index >= 15 is 0 Å². The van der Waals surface area contributed by atoms with Gasteiger partial charge in [0.2, 0.25) is 0 Å². The minimum Gasteiger partial charge on any atom is -0.469 e. The summed E-state index contributed by atoms with van der Waals surface area (Å²) in [6.45, 7) is 1.88. The van der Waals surface area contributed by atoms with Gasteiger partial charge in [0.1, 0.15) is 11.4 Å². The van der Waals surface area contributed by atoms with E-state index in [4.69, 9.17) is 9.26 Å². The molecule has 20 heavy (non-hydrogen) atoms. The zero-order valence-corrected chi connectivity index (χ0v) is 12.2. The molecule has 1 saturated carbocycles. The molecule has 2 aromatic heterocycles. The van der Waals surface area contributed by atoms with E-state index in [1.165, 1.54) is 13.4 Å². The van der Waals surface area contributed by atoms with Crippen LogP contribution >= 0.6 is 11.8 Å². The first kappa shape index (κ1) is 13.4. The van der Waals surface area contributed by atoms with Crippen molar-refractivity contribution < 1.29 is 14.1 Å². The number of esters is 1. The highest BCUT2D eigenvalue weighted by Crippen LogP contribution is 2.52. The van der Waals surface area contributed by atoms with Gasteiger partial charge in [-0.2, -0.15) is 4.98 Å². The Labute approximate surface area is 120 Å². The number of hydrogen-bond donors (Lipinski definition) is 0. The molecule has 7 heteroatoms. The number of carbonyl (C=O) groups is 1. The molecule has 2 heterocycles. The summed E-state index contributed by atoms with van der Waals surface area (Å²) in [7, 11) is 1.43. The molecular formula is C13H15N3O3S. The number of ether oxygens (including phenoxy) is 1. The molecule has 106 valence electrons. The van der Waals surface area contributed by atoms with Crippen molar-refractivity contribution in [3.63, 3.8) is 0 Å². The molecule has 0 aromatic carbocycles. The van der Waals surface area contributed by atoms with E-state index in [0.717, 1.165) is 34.7 Å². The first-order valence-electron chi connectivity index (χ1n) is 6.40. The predicted molar refractivity (Wildman–Crippen MR) is 73.4 cm³/mol. The van der Waals surface area contributed by atoms with Crippen molar-refractivity contribution in [3.05, 3.63) is 12.0 Å². The number of carbonyl (C=O) groups excluding carboxylic acids is 1. The Hall–Kier alpha value is -1.63. The van der Waals surface area contributed by atoms with Crippen LogP contribution in [0.4, 0.5) is 0 Å². The number of aryl methyl sites for hydroxylation is 1. The Kier molecular flexibility index (Phi) is 3.37. The molecule has 3 rings (SSSR count). The second-order valence-electron chi connectivity index (χ2n) is 5.17. The van der Waals surface area contributed by atoms with Crippen molar-refractivity contribution >= 4 is 28.8 Å². The predicted octanol–water partition coefficient (Wildman–Crippen LogP) is 2.36. The van der Waals surface area contributed by atoms with Gasteiger partial charge in [-0.25, -0.2) is 4.98 Å². The summed E-state index contributed by atoms with van der Waals surface area (Å²) in [6.07, 6.45) is 4.08. The van der Waals surface area contributed by atoms with Crippen LogP contribution in [0.25, 0.3) is 11.1 Å². The van der Waals surface area contributed by atoms with Gasteiger partial charge < -0.3 is 9.26 Å². The number of rotatable bonds is 5. The van der Waals surface area contributed by atoms with Gasteiger partial charge in [-0.15, -0.1) is 11.8 Å². The molecule has 0 unspecified atom stereocenters. The summed E-state index contributed by atoms with van der Waals surface area (Å²) in [5, 5.41) is 5.65. The smallest absolute Gasteiger partial charge is 0.306 e. The lowest BCUT2D eigenvalue weighted by molar-refractivity contribution is -0.141. The van der Waals surface area contributed by atoms with Crippen molar-refractivity contribution in [3.8, 4) is 0 Å². The quantitative estimate of drug-likeness (QED) is 0.475. The maximum atomic E-state index is 11.4. The maximum Gasteiger partial charge on any atom is 0.306 e. The number of thioether (sulfide) groups is 1. The van der Waals surface area contributed by atoms with Gasteiger partial charge in [-0.1, -0.05) is 5.16 Å². The molecule has 1 aliphatic rings. The van der Waals surface area contributed by atoms with E-state index < -0.39 is 0 Å². The van der Waals surface area contributed by atoms with Crippen LogP contribution in [0.15, 0.2) is 15.9 Å². The first-order valence-corrected chi connectivity index (χ1v) is 7.39. The Morgan fingerprint density at radius 3 is 3.00 bits per heavy atom. The van der Waals surface area contributed by atoms with Gasteiger partial charge in [0.05, 0.1) is 24.6 Å². The molecule has 0 atom stereocenters. The topological polar surface area (TPSA) is 78.1 Å². The minimum atomic E-state index is -0.142. The normalized spacial score (nSPS) is 16.3. The van der Waals surface area contributed by atoms with E-state index in [1.807, 2.05) is 6.92 Å². The van der Waals surface area contributed by atoms with E-state index in [0.29, 0.717) is 12.1 Å². The highest BCUT2D eigenvalue weighted by molar-refractivity contribution is 7.99. The van der Waals surface area contributed by atoms with Crippen LogP contribution in [0.1, 0.15) is 25.0 Å². The second kappa shape index (κ2) is 5.05. The lowest BCUT2D eigenvalue weighted by Crippen LogP contribution is -2.13. The SMILES string of the molecule is COC(=O)CC1(CSc2ncnc3onc(C)c23)CC1. The summed E-state index contributed by atoms with van der Waals surface area (Å²) < 4.78 is 9.89. The number of hydrogen-bond acceptors (Lipinski definition) is 7. The van der Waals surface area contributed by atoms with Crippen molar-refractivity contribution in [2.75, 3.05) is 12.9 Å². The molecule has 0 amide bonds. The zero-order valence-electron chi connectivity index (χ0n) is 11.4. The molecule has 1 aliphatic carbocycles. The van der Waals surface area contributed by atoms with Crippen LogP contribution in [0.5, 0.6) is 0 Å². The fraction of sp³-hybridized carbons (Fsp3) is 0.538. The van der Waals surface area contributed by atoms with E-state index in [-0.39, 0.29) is 11.4 Å². The number of nitrogens with zero attached hydrogens (tertiary/aromatic N) is 3. The lowest BCUT2D eigenvalue weighted by atomic mass is 10.1. The fourth-order valence-electron chi connectivity index (χ4n) is 2.15. The van der Waals surface area contributed by atoms with Gasteiger partial charge in [-0.05, 0) is 25.2 Å². The molecule has 6 nitrogen and oxygen atoms in total. The van der Waals surface area contributed by atoms with E-state index in [1.54, 1.807) is 11.8 Å². The molecule has 2 aromatic rings. The lowest BCUT2D eigenvalue weighted by Gasteiger charge is -2.12. The molecule has 1 fully saturated rings. The second-order valence-corrected chi connectivity index (χ2v) is 6.13. The van der Waals surface area contributed by atoms with Gasteiger partial charge >= 0.3 is 5.97 Å². The van der Waals surface area contributed by atoms with Crippen molar-refractivity contribution in [1.29, 1.82) is 0 Å². The number of methoxy groups -OCH3 is 1. The maximum absolute atomic E-state index is 11.4. The molecule has 0 N–H and O–H groups in total. The average molecular weight is 293 g/mol. The third kappa shape index (κ3) is 2.49. The Morgan fingerprint density at radius 1 is 1.50 bits per heavy atom. The third-order valence-electron chi connectivity index (χ3n) is 3.63. The van der Waals surface area contributed by atoms with E-state index in [9.17, 15) is 4.79 Å². The largest absolute Gasteiger partial charge is 0.469 e. The molecular weight excluding hydrogens is 278 g/mol. The minimum absolute atomic E-state index is 0.0695. The summed E-state index contributed by atoms with van der Waals surface area (Å²) in [5.74, 6) is 0.704. The highest BCUT2D eigenvalue weighted by Gasteiger charge is 2.44. The summed E-state index contributed by atoms with van der Waals surface area (Å²) in [5.41, 5.74) is 1.37. The van der Waals surface area contributed by atoms with Gasteiger partial charge in [-0.3, -0.25) is 4.79 Å². The first-order chi connectivity index (χ1) is 9.63. The summed E-state index contributed by atoms with van der Waals surface area (Å²) in [6, 6.07) is 0. The van der Waals surface area contributed by atoms with Crippen LogP contribution in [0, 0.1) is 12.3 Å². The molecule has 0 radical (unpaired) electrons. The molecule has 0 saturated heterocycles. The molecule has 0 aliphatic heterocycles. The van der Waals surface area contributed by atoms with Crippen LogP contribution < -0.4 is 0 Å². The standard InChI is InChI=1S/C13H15N3O3S/c1-8-10-11(19-16-8)14-7-15-12(10)20-6-13(3-4-13)5-9(17)18-2/h7H,3-6H2,1-2H3. The van der Waals surface area contributed by atoms with Crippen LogP contribution in [0.3, 0.4) is 0 Å². The van der Waals surface area contributed by atoms with Crippen LogP contribution in [-0.2, 0) is 9.53 Å². The van der Waals surface area contributed by atoms with Crippen molar-refractivity contribution in [2.45, 2.75) is 31.2 Å². The summed E-state index contributed by atoms with van der Waals surface area (Å²) in [4.78, 5) is 19.8. The monoisotopic (exact) mass is 293 g/mol. The number of aromatic nitrogens is 3. The Morgan fingerprint density at radius 2 is 2.30 bits per heavy atom. The number of fused-ring (bicyclic) bond motifs is 1.